The molecule has 20 heavy (non-hydrogen) atoms. The van der Waals surface area contributed by atoms with Gasteiger partial charge in [0.15, 0.2) is 0 Å². The third-order valence-electron chi connectivity index (χ3n) is 3.75. The number of carbonyl (C=O) groups is 1. The summed E-state index contributed by atoms with van der Waals surface area (Å²) in [7, 11) is 0. The molecule has 0 atom stereocenters. The summed E-state index contributed by atoms with van der Waals surface area (Å²) in [4.78, 5) is 18.4. The molecule has 110 valence electrons. The number of likely N-dealkylation sites (tertiary alicyclic amines) is 1. The number of aliphatic hydroxyl groups is 1. The number of aryl methyl sites for hydroxylation is 1. The average Bonchev–Trinajstić information content (AvgIpc) is 2.46. The third kappa shape index (κ3) is 4.28. The van der Waals surface area contributed by atoms with Crippen LogP contribution < -0.4 is 5.32 Å². The van der Waals surface area contributed by atoms with E-state index in [0.29, 0.717) is 12.1 Å². The van der Waals surface area contributed by atoms with Gasteiger partial charge in [-0.25, -0.2) is 0 Å². The van der Waals surface area contributed by atoms with Crippen molar-refractivity contribution in [3.05, 3.63) is 29.6 Å². The van der Waals surface area contributed by atoms with Crippen molar-refractivity contribution in [1.82, 2.24) is 15.2 Å². The molecule has 1 aliphatic rings. The Kier molecular flexibility index (Phi) is 5.49. The Hall–Kier alpha value is -1.46. The van der Waals surface area contributed by atoms with Crippen molar-refractivity contribution >= 4 is 5.91 Å². The standard InChI is InChI=1S/C15H23N3O2/c1-12-14(4-2-7-16-12)15(20)17-8-3-9-18-10-5-13(19)6-11-18/h2,4,7,13,19H,3,5-6,8-11H2,1H3,(H,17,20). The van der Waals surface area contributed by atoms with E-state index in [-0.39, 0.29) is 12.0 Å². The van der Waals surface area contributed by atoms with Crippen LogP contribution in [0.2, 0.25) is 0 Å². The van der Waals surface area contributed by atoms with Crippen molar-refractivity contribution in [2.75, 3.05) is 26.2 Å². The van der Waals surface area contributed by atoms with Gasteiger partial charge in [-0.1, -0.05) is 0 Å². The molecule has 0 unspecified atom stereocenters. The van der Waals surface area contributed by atoms with Crippen molar-refractivity contribution in [3.63, 3.8) is 0 Å². The summed E-state index contributed by atoms with van der Waals surface area (Å²) in [6, 6.07) is 3.57. The lowest BCUT2D eigenvalue weighted by molar-refractivity contribution is 0.0816. The van der Waals surface area contributed by atoms with E-state index >= 15 is 0 Å². The third-order valence-corrected chi connectivity index (χ3v) is 3.75. The number of rotatable bonds is 5. The van der Waals surface area contributed by atoms with Gasteiger partial charge in [-0.2, -0.15) is 0 Å². The maximum absolute atomic E-state index is 12.0. The van der Waals surface area contributed by atoms with E-state index in [1.165, 1.54) is 0 Å². The van der Waals surface area contributed by atoms with Crippen LogP contribution in [-0.4, -0.2) is 53.2 Å². The quantitative estimate of drug-likeness (QED) is 0.787. The predicted molar refractivity (Wildman–Crippen MR) is 77.6 cm³/mol. The van der Waals surface area contributed by atoms with Crippen molar-refractivity contribution in [1.29, 1.82) is 0 Å². The smallest absolute Gasteiger partial charge is 0.253 e. The average molecular weight is 277 g/mol. The van der Waals surface area contributed by atoms with Crippen molar-refractivity contribution in [2.45, 2.75) is 32.3 Å². The highest BCUT2D eigenvalue weighted by atomic mass is 16.3. The Morgan fingerprint density at radius 1 is 1.50 bits per heavy atom. The zero-order valence-electron chi connectivity index (χ0n) is 12.0. The van der Waals surface area contributed by atoms with E-state index in [4.69, 9.17) is 0 Å². The molecule has 1 aliphatic heterocycles. The van der Waals surface area contributed by atoms with Gasteiger partial charge in [0, 0.05) is 31.5 Å². The number of pyridine rings is 1. The van der Waals surface area contributed by atoms with E-state index in [9.17, 15) is 9.90 Å². The molecular weight excluding hydrogens is 254 g/mol. The summed E-state index contributed by atoms with van der Waals surface area (Å²) in [5.74, 6) is -0.0512. The molecule has 2 rings (SSSR count). The number of aromatic nitrogens is 1. The number of carbonyl (C=O) groups excluding carboxylic acids is 1. The molecular formula is C15H23N3O2. The number of nitrogens with one attached hydrogen (secondary N) is 1. The van der Waals surface area contributed by atoms with Crippen LogP contribution in [0.4, 0.5) is 0 Å². The van der Waals surface area contributed by atoms with Gasteiger partial charge in [-0.3, -0.25) is 9.78 Å². The Morgan fingerprint density at radius 2 is 2.25 bits per heavy atom. The van der Waals surface area contributed by atoms with E-state index < -0.39 is 0 Å². The molecule has 5 heteroatoms. The lowest BCUT2D eigenvalue weighted by Crippen LogP contribution is -2.37. The van der Waals surface area contributed by atoms with E-state index in [1.807, 2.05) is 6.92 Å². The van der Waals surface area contributed by atoms with Gasteiger partial charge in [0.1, 0.15) is 0 Å². The highest BCUT2D eigenvalue weighted by Gasteiger charge is 2.16. The van der Waals surface area contributed by atoms with Crippen LogP contribution >= 0.6 is 0 Å². The van der Waals surface area contributed by atoms with Gasteiger partial charge < -0.3 is 15.3 Å². The minimum atomic E-state index is -0.125. The molecule has 0 aliphatic carbocycles. The second-order valence-electron chi connectivity index (χ2n) is 5.32. The highest BCUT2D eigenvalue weighted by Crippen LogP contribution is 2.09. The number of piperidine rings is 1. The minimum Gasteiger partial charge on any atom is -0.393 e. The molecule has 1 fully saturated rings. The normalized spacial score (nSPS) is 17.1. The van der Waals surface area contributed by atoms with Crippen LogP contribution in [0.25, 0.3) is 0 Å². The Labute approximate surface area is 120 Å². The molecule has 0 spiro atoms. The van der Waals surface area contributed by atoms with Crippen LogP contribution in [-0.2, 0) is 0 Å². The fraction of sp³-hybridized carbons (Fsp3) is 0.600. The predicted octanol–water partition coefficient (Wildman–Crippen LogP) is 0.967. The first-order chi connectivity index (χ1) is 9.66. The topological polar surface area (TPSA) is 65.5 Å². The SMILES string of the molecule is Cc1ncccc1C(=O)NCCCN1CCC(O)CC1. The first kappa shape index (κ1) is 14.9. The van der Waals surface area contributed by atoms with Crippen molar-refractivity contribution in [3.8, 4) is 0 Å². The zero-order chi connectivity index (χ0) is 14.4. The van der Waals surface area contributed by atoms with E-state index in [0.717, 1.165) is 44.6 Å². The molecule has 2 N–H and O–H groups in total. The molecule has 0 radical (unpaired) electrons. The summed E-state index contributed by atoms with van der Waals surface area (Å²) in [6.45, 7) is 5.40. The second-order valence-corrected chi connectivity index (χ2v) is 5.32. The highest BCUT2D eigenvalue weighted by molar-refractivity contribution is 5.95. The van der Waals surface area contributed by atoms with E-state index in [1.54, 1.807) is 18.3 Å². The lowest BCUT2D eigenvalue weighted by atomic mass is 10.1. The molecule has 1 amide bonds. The van der Waals surface area contributed by atoms with Crippen LogP contribution in [0, 0.1) is 6.92 Å². The number of hydrogen-bond donors (Lipinski definition) is 2. The fourth-order valence-electron chi connectivity index (χ4n) is 2.47. The zero-order valence-corrected chi connectivity index (χ0v) is 12.0. The molecule has 1 aromatic rings. The van der Waals surface area contributed by atoms with Crippen LogP contribution in [0.1, 0.15) is 35.3 Å². The first-order valence-corrected chi connectivity index (χ1v) is 7.27. The van der Waals surface area contributed by atoms with Gasteiger partial charge in [0.25, 0.3) is 5.91 Å². The van der Waals surface area contributed by atoms with Crippen molar-refractivity contribution in [2.24, 2.45) is 0 Å². The van der Waals surface area contributed by atoms with Gasteiger partial charge >= 0.3 is 0 Å². The Balaban J connectivity index is 1.66. The summed E-state index contributed by atoms with van der Waals surface area (Å²) in [6.07, 6.45) is 4.22. The van der Waals surface area contributed by atoms with Gasteiger partial charge in [-0.15, -0.1) is 0 Å². The number of amides is 1. The fourth-order valence-corrected chi connectivity index (χ4v) is 2.47. The van der Waals surface area contributed by atoms with Gasteiger partial charge in [0.2, 0.25) is 0 Å². The molecule has 2 heterocycles. The van der Waals surface area contributed by atoms with Crippen LogP contribution in [0.3, 0.4) is 0 Å². The molecule has 1 saturated heterocycles. The monoisotopic (exact) mass is 277 g/mol. The van der Waals surface area contributed by atoms with Gasteiger partial charge in [0.05, 0.1) is 11.7 Å². The van der Waals surface area contributed by atoms with Crippen molar-refractivity contribution < 1.29 is 9.90 Å². The number of nitrogens with zero attached hydrogens (tertiary/aromatic N) is 2. The molecule has 0 bridgehead atoms. The number of aliphatic hydroxyl groups excluding tert-OH is 1. The minimum absolute atomic E-state index is 0.0512. The Morgan fingerprint density at radius 3 is 2.95 bits per heavy atom. The van der Waals surface area contributed by atoms with E-state index in [2.05, 4.69) is 15.2 Å². The summed E-state index contributed by atoms with van der Waals surface area (Å²) in [5, 5.41) is 12.4. The van der Waals surface area contributed by atoms with Crippen LogP contribution in [0.15, 0.2) is 18.3 Å². The second kappa shape index (κ2) is 7.36. The number of hydrogen-bond acceptors (Lipinski definition) is 4. The largest absolute Gasteiger partial charge is 0.393 e. The summed E-state index contributed by atoms with van der Waals surface area (Å²) >= 11 is 0. The van der Waals surface area contributed by atoms with Crippen LogP contribution in [0.5, 0.6) is 0 Å². The van der Waals surface area contributed by atoms with Gasteiger partial charge in [-0.05, 0) is 44.9 Å². The maximum Gasteiger partial charge on any atom is 0.253 e. The summed E-state index contributed by atoms with van der Waals surface area (Å²) < 4.78 is 0. The maximum atomic E-state index is 12.0. The summed E-state index contributed by atoms with van der Waals surface area (Å²) in [5.41, 5.74) is 1.41. The molecule has 1 aromatic heterocycles. The molecule has 0 aromatic carbocycles. The Bertz CT molecular complexity index is 442. The molecule has 5 nitrogen and oxygen atoms in total. The molecule has 0 saturated carbocycles. The lowest BCUT2D eigenvalue weighted by Gasteiger charge is -2.29. The first-order valence-electron chi connectivity index (χ1n) is 7.27.